The molecule has 14 nitrogen and oxygen atoms in total. The van der Waals surface area contributed by atoms with Gasteiger partial charge in [-0.15, -0.1) is 11.3 Å². The van der Waals surface area contributed by atoms with Crippen LogP contribution in [0.1, 0.15) is 12.6 Å². The van der Waals surface area contributed by atoms with E-state index < -0.39 is 40.0 Å². The fourth-order valence-electron chi connectivity index (χ4n) is 2.02. The number of likely N-dealkylation sites (tertiary alicyclic amines) is 1. The van der Waals surface area contributed by atoms with Gasteiger partial charge in [0.25, 0.3) is 11.8 Å². The highest BCUT2D eigenvalue weighted by Crippen LogP contribution is 2.14. The summed E-state index contributed by atoms with van der Waals surface area (Å²) in [5, 5.41) is 7.52. The van der Waals surface area contributed by atoms with Crippen LogP contribution in [0.3, 0.4) is 0 Å². The number of rotatable bonds is 6. The first-order valence-corrected chi connectivity index (χ1v) is 9.70. The highest BCUT2D eigenvalue weighted by molar-refractivity contribution is 7.88. The van der Waals surface area contributed by atoms with E-state index in [1.165, 1.54) is 21.9 Å². The Kier molecular flexibility index (Phi) is 6.14. The number of hydrogen-bond donors (Lipinski definition) is 4. The molecule has 1 fully saturated rings. The van der Waals surface area contributed by atoms with Gasteiger partial charge >= 0.3 is 16.2 Å². The minimum Gasteiger partial charge on any atom is -0.398 e. The number of thiazole rings is 1. The summed E-state index contributed by atoms with van der Waals surface area (Å²) in [5.74, 6) is -2.59. The van der Waals surface area contributed by atoms with E-state index in [1.807, 2.05) is 0 Å². The van der Waals surface area contributed by atoms with Gasteiger partial charge < -0.3 is 15.9 Å². The lowest BCUT2D eigenvalue weighted by Crippen LogP contribution is -2.68. The third-order valence-electron chi connectivity index (χ3n) is 3.14. The standard InChI is InChI=1S/C12H15N7O7S2/c1-5(20)17-28(24,25)18-12(23)19-3-6(10(19)22)14-9(21)8(16-26-2)7-4-27-11(13)15-7/h4,6H,3H2,1-2H3,(H2,13,15)(H,14,21)(H,17,20)(H,18,23)/t6-/m0/s1. The number of hydrogen-bond acceptors (Lipinski definition) is 11. The Morgan fingerprint density at radius 2 is 2.07 bits per heavy atom. The van der Waals surface area contributed by atoms with E-state index in [4.69, 9.17) is 5.73 Å². The smallest absolute Gasteiger partial charge is 0.339 e. The van der Waals surface area contributed by atoms with E-state index in [9.17, 15) is 27.6 Å². The Labute approximate surface area is 162 Å². The number of oxime groups is 1. The van der Waals surface area contributed by atoms with Crippen molar-refractivity contribution in [3.63, 3.8) is 0 Å². The molecular weight excluding hydrogens is 418 g/mol. The van der Waals surface area contributed by atoms with Crippen molar-refractivity contribution in [3.8, 4) is 0 Å². The molecule has 5 N–H and O–H groups in total. The minimum absolute atomic E-state index is 0.129. The second kappa shape index (κ2) is 8.17. The van der Waals surface area contributed by atoms with Crippen molar-refractivity contribution in [2.24, 2.45) is 5.16 Å². The zero-order valence-corrected chi connectivity index (χ0v) is 16.1. The van der Waals surface area contributed by atoms with Crippen LogP contribution in [0, 0.1) is 0 Å². The first-order chi connectivity index (χ1) is 13.0. The predicted molar refractivity (Wildman–Crippen MR) is 95.0 cm³/mol. The lowest BCUT2D eigenvalue weighted by atomic mass is 10.1. The molecule has 1 atom stereocenters. The molecule has 0 unspecified atom stereocenters. The van der Waals surface area contributed by atoms with Crippen molar-refractivity contribution in [2.45, 2.75) is 13.0 Å². The fourth-order valence-corrected chi connectivity index (χ4v) is 3.34. The van der Waals surface area contributed by atoms with E-state index in [1.54, 1.807) is 0 Å². The Hall–Kier alpha value is -3.27. The molecular formula is C12H15N7O7S2. The van der Waals surface area contributed by atoms with Crippen molar-refractivity contribution in [1.29, 1.82) is 0 Å². The van der Waals surface area contributed by atoms with E-state index >= 15 is 0 Å². The molecule has 0 bridgehead atoms. The Morgan fingerprint density at radius 1 is 1.39 bits per heavy atom. The Balaban J connectivity index is 1.98. The van der Waals surface area contributed by atoms with Crippen LogP contribution in [0.2, 0.25) is 0 Å². The molecule has 0 spiro atoms. The number of nitrogens with two attached hydrogens (primary N) is 1. The van der Waals surface area contributed by atoms with Gasteiger partial charge in [0, 0.05) is 12.3 Å². The predicted octanol–water partition coefficient (Wildman–Crippen LogP) is -2.51. The van der Waals surface area contributed by atoms with Crippen molar-refractivity contribution in [2.75, 3.05) is 19.4 Å². The molecule has 1 aliphatic rings. The fraction of sp³-hybridized carbons (Fsp3) is 0.333. The van der Waals surface area contributed by atoms with Crippen LogP contribution < -0.4 is 20.5 Å². The number of carbonyl (C=O) groups excluding carboxylic acids is 4. The maximum absolute atomic E-state index is 12.3. The lowest BCUT2D eigenvalue weighted by molar-refractivity contribution is -0.141. The molecule has 1 aliphatic heterocycles. The van der Waals surface area contributed by atoms with Crippen LogP contribution in [-0.4, -0.2) is 67.5 Å². The van der Waals surface area contributed by atoms with Gasteiger partial charge in [-0.05, 0) is 0 Å². The number of amides is 5. The maximum atomic E-state index is 12.3. The monoisotopic (exact) mass is 433 g/mol. The lowest BCUT2D eigenvalue weighted by Gasteiger charge is -2.36. The molecule has 2 rings (SSSR count). The number of nitrogens with one attached hydrogen (secondary N) is 3. The van der Waals surface area contributed by atoms with Crippen molar-refractivity contribution in [3.05, 3.63) is 11.1 Å². The average molecular weight is 433 g/mol. The summed E-state index contributed by atoms with van der Waals surface area (Å²) in [6.45, 7) is 0.630. The van der Waals surface area contributed by atoms with Gasteiger partial charge in [-0.25, -0.2) is 19.2 Å². The molecule has 0 aromatic carbocycles. The summed E-state index contributed by atoms with van der Waals surface area (Å²) >= 11 is 1.06. The number of anilines is 1. The average Bonchev–Trinajstić information content (AvgIpc) is 2.99. The minimum atomic E-state index is -4.45. The molecule has 0 aliphatic carbocycles. The summed E-state index contributed by atoms with van der Waals surface area (Å²) in [5.41, 5.74) is 5.40. The third-order valence-corrected chi connectivity index (χ3v) is 4.82. The van der Waals surface area contributed by atoms with E-state index in [0.29, 0.717) is 4.90 Å². The molecule has 1 aromatic heterocycles. The quantitative estimate of drug-likeness (QED) is 0.212. The van der Waals surface area contributed by atoms with Crippen molar-refractivity contribution < 1.29 is 32.4 Å². The Morgan fingerprint density at radius 3 is 2.57 bits per heavy atom. The summed E-state index contributed by atoms with van der Waals surface area (Å²) in [6, 6.07) is -2.37. The third kappa shape index (κ3) is 4.92. The molecule has 1 aromatic rings. The van der Waals surface area contributed by atoms with Gasteiger partial charge in [-0.2, -0.15) is 8.42 Å². The van der Waals surface area contributed by atoms with Crippen molar-refractivity contribution >= 4 is 56.1 Å². The zero-order valence-electron chi connectivity index (χ0n) is 14.5. The summed E-state index contributed by atoms with van der Waals surface area (Å²) in [6.07, 6.45) is 0. The van der Waals surface area contributed by atoms with Gasteiger partial charge in [0.2, 0.25) is 5.91 Å². The number of β-lactam (4-membered cyclic amide) rings is 1. The summed E-state index contributed by atoms with van der Waals surface area (Å²) < 4.78 is 25.9. The van der Waals surface area contributed by atoms with Crippen LogP contribution in [0.4, 0.5) is 9.93 Å². The number of nitrogens with zero attached hydrogens (tertiary/aromatic N) is 3. The van der Waals surface area contributed by atoms with Crippen molar-refractivity contribution in [1.82, 2.24) is 24.6 Å². The van der Waals surface area contributed by atoms with Crippen LogP contribution in [0.15, 0.2) is 10.5 Å². The van der Waals surface area contributed by atoms with Gasteiger partial charge in [-0.1, -0.05) is 5.16 Å². The first-order valence-electron chi connectivity index (χ1n) is 7.34. The van der Waals surface area contributed by atoms with Crippen LogP contribution in [0.5, 0.6) is 0 Å². The van der Waals surface area contributed by atoms with Gasteiger partial charge in [-0.3, -0.25) is 19.3 Å². The normalized spacial score (nSPS) is 16.8. The number of carbonyl (C=O) groups is 4. The van der Waals surface area contributed by atoms with Crippen LogP contribution in [-0.2, 0) is 29.4 Å². The molecule has 28 heavy (non-hydrogen) atoms. The number of urea groups is 1. The van der Waals surface area contributed by atoms with Gasteiger partial charge in [0.1, 0.15) is 18.8 Å². The topological polar surface area (TPSA) is 202 Å². The molecule has 5 amide bonds. The van der Waals surface area contributed by atoms with Gasteiger partial charge in [0.05, 0.1) is 6.54 Å². The second-order valence-electron chi connectivity index (χ2n) is 5.24. The summed E-state index contributed by atoms with van der Waals surface area (Å²) in [7, 11) is -3.25. The zero-order chi connectivity index (χ0) is 21.1. The van der Waals surface area contributed by atoms with E-state index in [2.05, 4.69) is 20.3 Å². The van der Waals surface area contributed by atoms with Gasteiger partial charge in [0.15, 0.2) is 10.8 Å². The number of imide groups is 1. The molecule has 16 heteroatoms. The maximum Gasteiger partial charge on any atom is 0.339 e. The number of aromatic nitrogens is 1. The highest BCUT2D eigenvalue weighted by atomic mass is 32.2. The molecule has 0 saturated carbocycles. The van der Waals surface area contributed by atoms with E-state index in [-0.39, 0.29) is 23.1 Å². The second-order valence-corrected chi connectivity index (χ2v) is 7.54. The van der Waals surface area contributed by atoms with Crippen LogP contribution in [0.25, 0.3) is 0 Å². The number of nitrogen functional groups attached to an aromatic ring is 1. The van der Waals surface area contributed by atoms with E-state index in [0.717, 1.165) is 18.3 Å². The highest BCUT2D eigenvalue weighted by Gasteiger charge is 2.43. The first kappa shape index (κ1) is 21.0. The SMILES string of the molecule is CON=C(C(=O)N[C@H]1CN(C(=O)NS(=O)(=O)NC(C)=O)C1=O)c1csc(N)n1. The molecule has 0 radical (unpaired) electrons. The Bertz CT molecular complexity index is 955. The molecule has 1 saturated heterocycles. The molecule has 152 valence electrons. The van der Waals surface area contributed by atoms with Crippen LogP contribution >= 0.6 is 11.3 Å². The molecule has 2 heterocycles. The summed E-state index contributed by atoms with van der Waals surface area (Å²) in [4.78, 5) is 55.9. The largest absolute Gasteiger partial charge is 0.398 e.